The number of carbonyl (C=O) groups excluding carboxylic acids is 4. The fourth-order valence-corrected chi connectivity index (χ4v) is 5.09. The van der Waals surface area contributed by atoms with Crippen LogP contribution in [0.2, 0.25) is 0 Å². The van der Waals surface area contributed by atoms with Crippen LogP contribution in [0.1, 0.15) is 66.4 Å². The van der Waals surface area contributed by atoms with Crippen LogP contribution >= 0.6 is 0 Å². The van der Waals surface area contributed by atoms with Crippen LogP contribution < -0.4 is 5.32 Å². The van der Waals surface area contributed by atoms with Crippen molar-refractivity contribution in [1.29, 1.82) is 0 Å². The third-order valence-corrected chi connectivity index (χ3v) is 7.60. The second-order valence-electron chi connectivity index (χ2n) is 10.8. The van der Waals surface area contributed by atoms with Crippen molar-refractivity contribution in [2.45, 2.75) is 53.0 Å². The Kier molecular flexibility index (Phi) is 11.6. The van der Waals surface area contributed by atoms with Crippen LogP contribution in [-0.4, -0.2) is 89.1 Å². The summed E-state index contributed by atoms with van der Waals surface area (Å²) in [6, 6.07) is 15.3. The third-order valence-electron chi connectivity index (χ3n) is 7.60. The zero-order valence-electron chi connectivity index (χ0n) is 26.4. The number of hydrogen-bond acceptors (Lipinski definition) is 8. The number of benzene rings is 2. The number of esters is 1. The van der Waals surface area contributed by atoms with E-state index in [0.29, 0.717) is 67.4 Å². The van der Waals surface area contributed by atoms with Gasteiger partial charge in [-0.1, -0.05) is 62.7 Å². The summed E-state index contributed by atoms with van der Waals surface area (Å²) in [6.07, 6.45) is 1.60. The third kappa shape index (κ3) is 8.23. The SMILES string of the molecule is CCCCOC(=O)c1cccc(C)c1-c1cc(C(=O)NC(CC)C(=O)N2CCN(C(=O)OCC)CC2)nc(-c2ccccc2)n1. The molecule has 11 heteroatoms. The average molecular weight is 616 g/mol. The lowest BCUT2D eigenvalue weighted by Gasteiger charge is -2.35. The molecule has 0 radical (unpaired) electrons. The quantitative estimate of drug-likeness (QED) is 0.239. The molecule has 0 spiro atoms. The number of piperazine rings is 1. The first-order chi connectivity index (χ1) is 21.8. The zero-order valence-corrected chi connectivity index (χ0v) is 26.4. The number of aromatic nitrogens is 2. The van der Waals surface area contributed by atoms with Crippen molar-refractivity contribution in [2.24, 2.45) is 0 Å². The van der Waals surface area contributed by atoms with Gasteiger partial charge in [0.2, 0.25) is 5.91 Å². The molecule has 1 aliphatic rings. The molecule has 2 aromatic carbocycles. The molecule has 11 nitrogen and oxygen atoms in total. The summed E-state index contributed by atoms with van der Waals surface area (Å²) in [6.45, 7) is 9.43. The van der Waals surface area contributed by atoms with Crippen molar-refractivity contribution in [1.82, 2.24) is 25.1 Å². The smallest absolute Gasteiger partial charge is 0.409 e. The van der Waals surface area contributed by atoms with E-state index in [4.69, 9.17) is 14.5 Å². The highest BCUT2D eigenvalue weighted by molar-refractivity contribution is 6.00. The van der Waals surface area contributed by atoms with Crippen molar-refractivity contribution in [3.63, 3.8) is 0 Å². The molecule has 2 heterocycles. The molecule has 1 aliphatic heterocycles. The van der Waals surface area contributed by atoms with Crippen LogP contribution in [0.4, 0.5) is 4.79 Å². The Labute approximate surface area is 263 Å². The van der Waals surface area contributed by atoms with E-state index in [1.165, 1.54) is 0 Å². The minimum atomic E-state index is -0.798. The fraction of sp³-hybridized carbons (Fsp3) is 0.412. The molecule has 1 saturated heterocycles. The van der Waals surface area contributed by atoms with E-state index in [-0.39, 0.29) is 18.2 Å². The monoisotopic (exact) mass is 615 g/mol. The summed E-state index contributed by atoms with van der Waals surface area (Å²) in [5.74, 6) is -0.932. The number of nitrogens with one attached hydrogen (secondary N) is 1. The standard InChI is InChI=1S/C34H41N5O6/c1-5-8-21-45-33(42)25-16-12-13-23(4)29(25)27-22-28(36-30(35-27)24-14-10-9-11-15-24)31(40)37-26(6-2)32(41)38-17-19-39(20-18-38)34(43)44-7-3/h9-16,22,26H,5-8,17-21H2,1-4H3,(H,37,40). The summed E-state index contributed by atoms with van der Waals surface area (Å²) >= 11 is 0. The topological polar surface area (TPSA) is 131 Å². The number of unbranched alkanes of at least 4 members (excludes halogenated alkanes) is 1. The largest absolute Gasteiger partial charge is 0.462 e. The number of amides is 3. The van der Waals surface area contributed by atoms with Gasteiger partial charge in [-0.3, -0.25) is 9.59 Å². The minimum Gasteiger partial charge on any atom is -0.462 e. The normalized spacial score (nSPS) is 13.6. The molecule has 0 bridgehead atoms. The molecule has 1 fully saturated rings. The maximum Gasteiger partial charge on any atom is 0.409 e. The van der Waals surface area contributed by atoms with Gasteiger partial charge in [-0.05, 0) is 44.4 Å². The van der Waals surface area contributed by atoms with Gasteiger partial charge < -0.3 is 24.6 Å². The van der Waals surface area contributed by atoms with Crippen LogP contribution in [-0.2, 0) is 14.3 Å². The van der Waals surface area contributed by atoms with E-state index in [0.717, 1.165) is 18.4 Å². The Balaban J connectivity index is 1.63. The summed E-state index contributed by atoms with van der Waals surface area (Å²) in [7, 11) is 0. The molecule has 3 aromatic rings. The van der Waals surface area contributed by atoms with Gasteiger partial charge in [0.05, 0.1) is 24.5 Å². The number of ether oxygens (including phenoxy) is 2. The zero-order chi connectivity index (χ0) is 32.3. The molecule has 45 heavy (non-hydrogen) atoms. The average Bonchev–Trinajstić information content (AvgIpc) is 3.07. The number of hydrogen-bond donors (Lipinski definition) is 1. The Morgan fingerprint density at radius 3 is 2.27 bits per heavy atom. The van der Waals surface area contributed by atoms with Crippen LogP contribution in [0.15, 0.2) is 54.6 Å². The predicted molar refractivity (Wildman–Crippen MR) is 170 cm³/mol. The van der Waals surface area contributed by atoms with Crippen LogP contribution in [0.5, 0.6) is 0 Å². The highest BCUT2D eigenvalue weighted by atomic mass is 16.6. The van der Waals surface area contributed by atoms with Gasteiger partial charge in [0.25, 0.3) is 5.91 Å². The van der Waals surface area contributed by atoms with Crippen molar-refractivity contribution in [3.8, 4) is 22.6 Å². The van der Waals surface area contributed by atoms with E-state index in [9.17, 15) is 19.2 Å². The van der Waals surface area contributed by atoms with E-state index < -0.39 is 24.0 Å². The van der Waals surface area contributed by atoms with Gasteiger partial charge in [0.15, 0.2) is 5.82 Å². The number of carbonyl (C=O) groups is 4. The molecule has 1 N–H and O–H groups in total. The second-order valence-corrected chi connectivity index (χ2v) is 10.8. The Bertz CT molecular complexity index is 1500. The van der Waals surface area contributed by atoms with Gasteiger partial charge >= 0.3 is 12.1 Å². The first-order valence-electron chi connectivity index (χ1n) is 15.5. The van der Waals surface area contributed by atoms with Crippen LogP contribution in [0.3, 0.4) is 0 Å². The van der Waals surface area contributed by atoms with E-state index in [1.54, 1.807) is 34.9 Å². The summed E-state index contributed by atoms with van der Waals surface area (Å²) < 4.78 is 10.6. The molecular weight excluding hydrogens is 574 g/mol. The molecule has 1 aromatic heterocycles. The van der Waals surface area contributed by atoms with Gasteiger partial charge in [0.1, 0.15) is 11.7 Å². The maximum absolute atomic E-state index is 13.7. The first-order valence-corrected chi connectivity index (χ1v) is 15.5. The van der Waals surface area contributed by atoms with Gasteiger partial charge in [-0.25, -0.2) is 19.6 Å². The first kappa shape index (κ1) is 33.1. The van der Waals surface area contributed by atoms with Gasteiger partial charge in [-0.15, -0.1) is 0 Å². The minimum absolute atomic E-state index is 0.0609. The summed E-state index contributed by atoms with van der Waals surface area (Å²) in [4.78, 5) is 64.9. The molecular formula is C34H41N5O6. The number of rotatable bonds is 11. The summed E-state index contributed by atoms with van der Waals surface area (Å²) in [5.41, 5.74) is 2.83. The second kappa shape index (κ2) is 15.8. The molecule has 3 amide bonds. The van der Waals surface area contributed by atoms with Gasteiger partial charge in [0, 0.05) is 37.3 Å². The fourth-order valence-electron chi connectivity index (χ4n) is 5.09. The van der Waals surface area contributed by atoms with Crippen molar-refractivity contribution >= 4 is 23.9 Å². The highest BCUT2D eigenvalue weighted by Gasteiger charge is 2.30. The lowest BCUT2D eigenvalue weighted by Crippen LogP contribution is -2.55. The Hall–Kier alpha value is -4.80. The summed E-state index contributed by atoms with van der Waals surface area (Å²) in [5, 5.41) is 2.86. The van der Waals surface area contributed by atoms with E-state index in [1.807, 2.05) is 57.2 Å². The molecule has 238 valence electrons. The lowest BCUT2D eigenvalue weighted by molar-refractivity contribution is -0.134. The van der Waals surface area contributed by atoms with Crippen molar-refractivity contribution < 1.29 is 28.7 Å². The molecule has 0 saturated carbocycles. The van der Waals surface area contributed by atoms with Crippen LogP contribution in [0, 0.1) is 6.92 Å². The van der Waals surface area contributed by atoms with Crippen molar-refractivity contribution in [3.05, 3.63) is 71.4 Å². The Morgan fingerprint density at radius 2 is 1.60 bits per heavy atom. The lowest BCUT2D eigenvalue weighted by atomic mass is 9.98. The Morgan fingerprint density at radius 1 is 0.889 bits per heavy atom. The molecule has 0 aliphatic carbocycles. The van der Waals surface area contributed by atoms with Crippen LogP contribution in [0.25, 0.3) is 22.6 Å². The number of aryl methyl sites for hydroxylation is 1. The van der Waals surface area contributed by atoms with Crippen molar-refractivity contribution in [2.75, 3.05) is 39.4 Å². The maximum atomic E-state index is 13.7. The molecule has 4 rings (SSSR count). The van der Waals surface area contributed by atoms with Gasteiger partial charge in [-0.2, -0.15) is 0 Å². The highest BCUT2D eigenvalue weighted by Crippen LogP contribution is 2.29. The molecule has 1 unspecified atom stereocenters. The van der Waals surface area contributed by atoms with E-state index >= 15 is 0 Å². The number of nitrogens with zero attached hydrogens (tertiary/aromatic N) is 4. The molecule has 1 atom stereocenters. The predicted octanol–water partition coefficient (Wildman–Crippen LogP) is 4.89. The van der Waals surface area contributed by atoms with E-state index in [2.05, 4.69) is 10.3 Å².